The molecule has 0 saturated heterocycles. The highest BCUT2D eigenvalue weighted by atomic mass is 16.3. The van der Waals surface area contributed by atoms with E-state index in [2.05, 4.69) is 4.98 Å². The van der Waals surface area contributed by atoms with Gasteiger partial charge in [-0.15, -0.1) is 0 Å². The van der Waals surface area contributed by atoms with Crippen LogP contribution in [0.1, 0.15) is 17.1 Å². The molecule has 1 heterocycles. The minimum Gasteiger partial charge on any atom is -0.508 e. The van der Waals surface area contributed by atoms with Crippen LogP contribution in [0.4, 0.5) is 0 Å². The smallest absolute Gasteiger partial charge is 0.207 e. The van der Waals surface area contributed by atoms with Crippen molar-refractivity contribution in [2.75, 3.05) is 0 Å². The summed E-state index contributed by atoms with van der Waals surface area (Å²) in [6.07, 6.45) is 2.23. The Morgan fingerprint density at radius 2 is 2.27 bits per heavy atom. The highest BCUT2D eigenvalue weighted by Gasteiger charge is 2.03. The summed E-state index contributed by atoms with van der Waals surface area (Å²) >= 11 is 0. The summed E-state index contributed by atoms with van der Waals surface area (Å²) in [6.45, 7) is 0.306. The minimum absolute atomic E-state index is 0.259. The van der Waals surface area contributed by atoms with E-state index in [9.17, 15) is 5.11 Å². The van der Waals surface area contributed by atoms with Crippen molar-refractivity contribution in [3.8, 4) is 5.75 Å². The summed E-state index contributed by atoms with van der Waals surface area (Å²) in [5, 5.41) is 9.28. The summed E-state index contributed by atoms with van der Waals surface area (Å²) in [7, 11) is 0. The standard InChI is InChI=1S/C11H12N2O2/c12-6-11-13-9(7-15-11)4-8-2-1-3-10(14)5-8/h1-3,5,7,14H,4,6,12H2. The molecule has 0 aliphatic carbocycles. The van der Waals surface area contributed by atoms with Gasteiger partial charge >= 0.3 is 0 Å². The van der Waals surface area contributed by atoms with Gasteiger partial charge in [0.2, 0.25) is 5.89 Å². The zero-order valence-corrected chi connectivity index (χ0v) is 8.18. The molecule has 0 fully saturated rings. The molecule has 1 aromatic carbocycles. The normalized spacial score (nSPS) is 10.5. The highest BCUT2D eigenvalue weighted by Crippen LogP contribution is 2.14. The third-order valence-electron chi connectivity index (χ3n) is 2.07. The third kappa shape index (κ3) is 2.35. The number of benzene rings is 1. The summed E-state index contributed by atoms with van der Waals surface area (Å²) in [5.41, 5.74) is 7.20. The summed E-state index contributed by atoms with van der Waals surface area (Å²) in [4.78, 5) is 4.18. The Labute approximate surface area is 87.4 Å². The largest absolute Gasteiger partial charge is 0.508 e. The third-order valence-corrected chi connectivity index (χ3v) is 2.07. The van der Waals surface area contributed by atoms with Crippen LogP contribution in [-0.2, 0) is 13.0 Å². The van der Waals surface area contributed by atoms with Crippen LogP contribution in [0, 0.1) is 0 Å². The average Bonchev–Trinajstić information content (AvgIpc) is 2.65. The number of oxazole rings is 1. The molecule has 4 heteroatoms. The van der Waals surface area contributed by atoms with Crippen LogP contribution in [-0.4, -0.2) is 10.1 Å². The second-order valence-corrected chi connectivity index (χ2v) is 3.28. The maximum absolute atomic E-state index is 9.28. The lowest BCUT2D eigenvalue weighted by atomic mass is 10.1. The number of nitrogens with zero attached hydrogens (tertiary/aromatic N) is 1. The molecule has 0 aliphatic rings. The number of phenols is 1. The van der Waals surface area contributed by atoms with Crippen molar-refractivity contribution in [2.45, 2.75) is 13.0 Å². The van der Waals surface area contributed by atoms with E-state index in [0.29, 0.717) is 18.9 Å². The predicted octanol–water partition coefficient (Wildman–Crippen LogP) is 1.43. The van der Waals surface area contributed by atoms with Gasteiger partial charge in [0.15, 0.2) is 0 Å². The molecular weight excluding hydrogens is 192 g/mol. The van der Waals surface area contributed by atoms with Crippen LogP contribution < -0.4 is 5.73 Å². The van der Waals surface area contributed by atoms with Crippen LogP contribution in [0.2, 0.25) is 0 Å². The molecule has 0 aliphatic heterocycles. The predicted molar refractivity (Wildman–Crippen MR) is 55.3 cm³/mol. The summed E-state index contributed by atoms with van der Waals surface area (Å²) < 4.78 is 5.12. The zero-order valence-electron chi connectivity index (χ0n) is 8.18. The molecule has 1 aromatic heterocycles. The SMILES string of the molecule is NCc1nc(Cc2cccc(O)c2)co1. The molecule has 2 rings (SSSR count). The number of hydrogen-bond acceptors (Lipinski definition) is 4. The Hall–Kier alpha value is -1.81. The van der Waals surface area contributed by atoms with E-state index >= 15 is 0 Å². The van der Waals surface area contributed by atoms with E-state index in [1.807, 2.05) is 6.07 Å². The Kier molecular flexibility index (Phi) is 2.69. The van der Waals surface area contributed by atoms with Gasteiger partial charge in [-0.1, -0.05) is 12.1 Å². The van der Waals surface area contributed by atoms with Crippen molar-refractivity contribution in [3.05, 3.63) is 47.7 Å². The maximum atomic E-state index is 9.28. The molecule has 0 amide bonds. The molecule has 0 bridgehead atoms. The minimum atomic E-state index is 0.259. The van der Waals surface area contributed by atoms with Crippen molar-refractivity contribution in [1.82, 2.24) is 4.98 Å². The van der Waals surface area contributed by atoms with Gasteiger partial charge in [0.25, 0.3) is 0 Å². The van der Waals surface area contributed by atoms with Crippen molar-refractivity contribution >= 4 is 0 Å². The molecule has 15 heavy (non-hydrogen) atoms. The van der Waals surface area contributed by atoms with Gasteiger partial charge in [-0.2, -0.15) is 0 Å². The molecule has 2 aromatic rings. The number of hydrogen-bond donors (Lipinski definition) is 2. The van der Waals surface area contributed by atoms with Gasteiger partial charge in [0.1, 0.15) is 12.0 Å². The van der Waals surface area contributed by atoms with Gasteiger partial charge < -0.3 is 15.3 Å². The lowest BCUT2D eigenvalue weighted by molar-refractivity contribution is 0.474. The fourth-order valence-electron chi connectivity index (χ4n) is 1.40. The number of nitrogens with two attached hydrogens (primary N) is 1. The molecule has 0 saturated carbocycles. The fraction of sp³-hybridized carbons (Fsp3) is 0.182. The molecule has 78 valence electrons. The lowest BCUT2D eigenvalue weighted by Gasteiger charge is -1.97. The van der Waals surface area contributed by atoms with Crippen LogP contribution in [0.3, 0.4) is 0 Å². The second-order valence-electron chi connectivity index (χ2n) is 3.28. The zero-order chi connectivity index (χ0) is 10.7. The van der Waals surface area contributed by atoms with E-state index in [1.165, 1.54) is 0 Å². The number of aromatic nitrogens is 1. The van der Waals surface area contributed by atoms with Gasteiger partial charge in [0, 0.05) is 6.42 Å². The molecule has 3 N–H and O–H groups in total. The molecular formula is C11H12N2O2. The Morgan fingerprint density at radius 1 is 1.40 bits per heavy atom. The van der Waals surface area contributed by atoms with Crippen molar-refractivity contribution in [1.29, 1.82) is 0 Å². The van der Waals surface area contributed by atoms with E-state index in [1.54, 1.807) is 24.5 Å². The number of phenolic OH excluding ortho intramolecular Hbond substituents is 1. The Bertz CT molecular complexity index is 451. The van der Waals surface area contributed by atoms with E-state index in [0.717, 1.165) is 11.3 Å². The fourth-order valence-corrected chi connectivity index (χ4v) is 1.40. The molecule has 0 spiro atoms. The van der Waals surface area contributed by atoms with Crippen LogP contribution in [0.5, 0.6) is 5.75 Å². The Morgan fingerprint density at radius 3 is 2.93 bits per heavy atom. The Balaban J connectivity index is 2.14. The molecule has 4 nitrogen and oxygen atoms in total. The molecule has 0 radical (unpaired) electrons. The van der Waals surface area contributed by atoms with E-state index in [-0.39, 0.29) is 5.75 Å². The summed E-state index contributed by atoms with van der Waals surface area (Å²) in [5.74, 6) is 0.792. The second kappa shape index (κ2) is 4.14. The van der Waals surface area contributed by atoms with Crippen molar-refractivity contribution in [2.24, 2.45) is 5.73 Å². The van der Waals surface area contributed by atoms with Crippen molar-refractivity contribution in [3.63, 3.8) is 0 Å². The van der Waals surface area contributed by atoms with Crippen LogP contribution in [0.25, 0.3) is 0 Å². The van der Waals surface area contributed by atoms with Gasteiger partial charge in [0.05, 0.1) is 12.2 Å². The first-order valence-electron chi connectivity index (χ1n) is 4.69. The van der Waals surface area contributed by atoms with E-state index < -0.39 is 0 Å². The first-order valence-corrected chi connectivity index (χ1v) is 4.69. The van der Waals surface area contributed by atoms with Gasteiger partial charge in [-0.05, 0) is 17.7 Å². The molecule has 0 atom stereocenters. The topological polar surface area (TPSA) is 72.3 Å². The van der Waals surface area contributed by atoms with E-state index in [4.69, 9.17) is 10.2 Å². The van der Waals surface area contributed by atoms with Crippen LogP contribution in [0.15, 0.2) is 34.9 Å². The van der Waals surface area contributed by atoms with Crippen LogP contribution >= 0.6 is 0 Å². The number of aromatic hydroxyl groups is 1. The highest BCUT2D eigenvalue weighted by molar-refractivity contribution is 5.29. The van der Waals surface area contributed by atoms with Gasteiger partial charge in [-0.25, -0.2) is 4.98 Å². The van der Waals surface area contributed by atoms with Crippen molar-refractivity contribution < 1.29 is 9.52 Å². The first-order chi connectivity index (χ1) is 7.28. The number of rotatable bonds is 3. The lowest BCUT2D eigenvalue weighted by Crippen LogP contribution is -1.96. The quantitative estimate of drug-likeness (QED) is 0.793. The molecule has 0 unspecified atom stereocenters. The average molecular weight is 204 g/mol. The van der Waals surface area contributed by atoms with Gasteiger partial charge in [-0.3, -0.25) is 0 Å². The first kappa shape index (κ1) is 9.73. The monoisotopic (exact) mass is 204 g/mol. The maximum Gasteiger partial charge on any atom is 0.207 e. The summed E-state index contributed by atoms with van der Waals surface area (Å²) in [6, 6.07) is 7.07.